The van der Waals surface area contributed by atoms with Crippen molar-refractivity contribution in [3.63, 3.8) is 0 Å². The molecular formula is C43H82N2O8. The summed E-state index contributed by atoms with van der Waals surface area (Å²) >= 11 is 0. The standard InChI is InChI=1S/C43H82N2O8/c1-3-5-7-9-11-13-15-17-18-19-20-22-24-26-28-32-38(48)45(34-29-27-25-23-21-16-14-12-10-8-6-4-2)43-40(42(52)41(51)36(35-46)53-43)44-37(47)31-30-33-39(49)50/h36,40-43,46,51-52H,3-35H2,1-2H3,(H,44,47)(H,49,50)/t36-,40-,41+,42-,43-/m1/s1. The minimum absolute atomic E-state index is 0.0758. The summed E-state index contributed by atoms with van der Waals surface area (Å²) in [6.07, 6.45) is 27.8. The van der Waals surface area contributed by atoms with E-state index in [1.54, 1.807) is 4.90 Å². The van der Waals surface area contributed by atoms with E-state index >= 15 is 0 Å². The number of rotatable bonds is 36. The zero-order chi connectivity index (χ0) is 38.9. The highest BCUT2D eigenvalue weighted by Gasteiger charge is 2.48. The van der Waals surface area contributed by atoms with Gasteiger partial charge < -0.3 is 35.4 Å². The first-order valence-corrected chi connectivity index (χ1v) is 22.2. The Morgan fingerprint density at radius 2 is 0.962 bits per heavy atom. The van der Waals surface area contributed by atoms with E-state index in [4.69, 9.17) is 9.84 Å². The molecule has 0 unspecified atom stereocenters. The Bertz CT molecular complexity index is 906. The normalized spacial score (nSPS) is 20.1. The average Bonchev–Trinajstić information content (AvgIpc) is 3.14. The SMILES string of the molecule is CCCCCCCCCCCCCCCCCC(=O)N(CCCCCCCCCCCCCC)[C@@H]1O[C@H](CO)[C@H](O)[C@H](O)[C@H]1NC(=O)CCCC(=O)O. The predicted molar refractivity (Wildman–Crippen MR) is 214 cm³/mol. The van der Waals surface area contributed by atoms with Gasteiger partial charge in [-0.25, -0.2) is 0 Å². The summed E-state index contributed by atoms with van der Waals surface area (Å²) in [7, 11) is 0. The number of amides is 2. The van der Waals surface area contributed by atoms with Crippen LogP contribution in [0.4, 0.5) is 0 Å². The van der Waals surface area contributed by atoms with Gasteiger partial charge in [0.1, 0.15) is 24.4 Å². The van der Waals surface area contributed by atoms with Crippen molar-refractivity contribution in [1.29, 1.82) is 0 Å². The third kappa shape index (κ3) is 24.4. The molecule has 0 radical (unpaired) electrons. The van der Waals surface area contributed by atoms with E-state index < -0.39 is 49.1 Å². The third-order valence-corrected chi connectivity index (χ3v) is 10.9. The Balaban J connectivity index is 2.67. The zero-order valence-electron chi connectivity index (χ0n) is 34.1. The molecule has 5 atom stereocenters. The minimum atomic E-state index is -1.47. The molecule has 10 nitrogen and oxygen atoms in total. The average molecular weight is 755 g/mol. The lowest BCUT2D eigenvalue weighted by Gasteiger charge is -2.47. The van der Waals surface area contributed by atoms with Gasteiger partial charge in [-0.05, 0) is 19.3 Å². The Kier molecular flexibility index (Phi) is 31.2. The number of carbonyl (C=O) groups is 3. The molecule has 1 heterocycles. The van der Waals surface area contributed by atoms with E-state index in [-0.39, 0.29) is 25.2 Å². The highest BCUT2D eigenvalue weighted by Crippen LogP contribution is 2.26. The van der Waals surface area contributed by atoms with Crippen LogP contribution in [0.15, 0.2) is 0 Å². The summed E-state index contributed by atoms with van der Waals surface area (Å²) in [4.78, 5) is 39.2. The monoisotopic (exact) mass is 755 g/mol. The smallest absolute Gasteiger partial charge is 0.303 e. The molecule has 0 bridgehead atoms. The maximum absolute atomic E-state index is 13.8. The molecule has 5 N–H and O–H groups in total. The quantitative estimate of drug-likeness (QED) is 0.0397. The van der Waals surface area contributed by atoms with Crippen molar-refractivity contribution < 1.29 is 39.5 Å². The van der Waals surface area contributed by atoms with Gasteiger partial charge in [-0.2, -0.15) is 0 Å². The molecule has 0 aromatic carbocycles. The van der Waals surface area contributed by atoms with Crippen LogP contribution < -0.4 is 5.32 Å². The van der Waals surface area contributed by atoms with Gasteiger partial charge in [0.2, 0.25) is 11.8 Å². The number of carbonyl (C=O) groups excluding carboxylic acids is 2. The Morgan fingerprint density at radius 3 is 1.38 bits per heavy atom. The second kappa shape index (κ2) is 33.6. The molecule has 312 valence electrons. The fraction of sp³-hybridized carbons (Fsp3) is 0.930. The zero-order valence-corrected chi connectivity index (χ0v) is 34.1. The molecule has 0 aromatic rings. The lowest BCUT2D eigenvalue weighted by atomic mass is 9.94. The fourth-order valence-corrected chi connectivity index (χ4v) is 7.49. The topological polar surface area (TPSA) is 157 Å². The lowest BCUT2D eigenvalue weighted by molar-refractivity contribution is -0.231. The van der Waals surface area contributed by atoms with Crippen molar-refractivity contribution in [2.75, 3.05) is 13.2 Å². The first-order chi connectivity index (χ1) is 25.8. The number of hydrogen-bond donors (Lipinski definition) is 5. The predicted octanol–water partition coefficient (Wildman–Crippen LogP) is 8.96. The molecular weight excluding hydrogens is 672 g/mol. The fourth-order valence-electron chi connectivity index (χ4n) is 7.49. The summed E-state index contributed by atoms with van der Waals surface area (Å²) in [5.41, 5.74) is 0. The molecule has 1 aliphatic rings. The second-order valence-electron chi connectivity index (χ2n) is 15.7. The van der Waals surface area contributed by atoms with Crippen molar-refractivity contribution in [2.45, 2.75) is 243 Å². The van der Waals surface area contributed by atoms with E-state index in [1.807, 2.05) is 0 Å². The number of hydrogen-bond acceptors (Lipinski definition) is 7. The number of aliphatic hydroxyl groups excluding tert-OH is 3. The summed E-state index contributed by atoms with van der Waals surface area (Å²) in [5.74, 6) is -1.62. The molecule has 0 spiro atoms. The van der Waals surface area contributed by atoms with Gasteiger partial charge in [0.25, 0.3) is 0 Å². The molecule has 1 aliphatic heterocycles. The van der Waals surface area contributed by atoms with Crippen LogP contribution in [-0.2, 0) is 19.1 Å². The number of nitrogens with zero attached hydrogens (tertiary/aromatic N) is 1. The Labute approximate surface area is 323 Å². The Morgan fingerprint density at radius 1 is 0.547 bits per heavy atom. The van der Waals surface area contributed by atoms with Crippen LogP contribution in [0.2, 0.25) is 0 Å². The maximum Gasteiger partial charge on any atom is 0.303 e. The van der Waals surface area contributed by atoms with Crippen molar-refractivity contribution in [3.05, 3.63) is 0 Å². The third-order valence-electron chi connectivity index (χ3n) is 10.9. The van der Waals surface area contributed by atoms with Gasteiger partial charge >= 0.3 is 5.97 Å². The first kappa shape index (κ1) is 49.3. The van der Waals surface area contributed by atoms with Gasteiger partial charge in [-0.3, -0.25) is 14.4 Å². The summed E-state index contributed by atoms with van der Waals surface area (Å²) in [6, 6.07) is -1.12. The minimum Gasteiger partial charge on any atom is -0.481 e. The number of unbranched alkanes of at least 4 members (excludes halogenated alkanes) is 25. The molecule has 1 saturated heterocycles. The van der Waals surface area contributed by atoms with E-state index in [0.717, 1.165) is 51.4 Å². The van der Waals surface area contributed by atoms with Gasteiger partial charge in [-0.1, -0.05) is 174 Å². The van der Waals surface area contributed by atoms with Crippen LogP contribution in [-0.4, -0.2) is 86.8 Å². The van der Waals surface area contributed by atoms with Gasteiger partial charge in [0.15, 0.2) is 6.23 Å². The van der Waals surface area contributed by atoms with Crippen LogP contribution in [0.5, 0.6) is 0 Å². The van der Waals surface area contributed by atoms with E-state index in [0.29, 0.717) is 13.0 Å². The van der Waals surface area contributed by atoms with Gasteiger partial charge in [0.05, 0.1) is 6.61 Å². The van der Waals surface area contributed by atoms with Crippen molar-refractivity contribution in [3.8, 4) is 0 Å². The van der Waals surface area contributed by atoms with Crippen LogP contribution in [0, 0.1) is 0 Å². The number of ether oxygens (including phenoxy) is 1. The van der Waals surface area contributed by atoms with Gasteiger partial charge in [0, 0.05) is 25.8 Å². The number of nitrogens with one attached hydrogen (secondary N) is 1. The largest absolute Gasteiger partial charge is 0.481 e. The van der Waals surface area contributed by atoms with Crippen molar-refractivity contribution in [1.82, 2.24) is 10.2 Å². The van der Waals surface area contributed by atoms with Crippen molar-refractivity contribution >= 4 is 17.8 Å². The van der Waals surface area contributed by atoms with Crippen LogP contribution >= 0.6 is 0 Å². The number of aliphatic carboxylic acids is 1. The van der Waals surface area contributed by atoms with Crippen LogP contribution in [0.1, 0.15) is 213 Å². The molecule has 0 aliphatic carbocycles. The van der Waals surface area contributed by atoms with E-state index in [2.05, 4.69) is 19.2 Å². The number of aliphatic hydroxyl groups is 3. The molecule has 10 heteroatoms. The second-order valence-corrected chi connectivity index (χ2v) is 15.7. The molecule has 0 saturated carbocycles. The molecule has 1 fully saturated rings. The summed E-state index contributed by atoms with van der Waals surface area (Å²) in [5, 5.41) is 43.4. The molecule has 0 aromatic heterocycles. The summed E-state index contributed by atoms with van der Waals surface area (Å²) < 4.78 is 6.08. The van der Waals surface area contributed by atoms with E-state index in [1.165, 1.54) is 122 Å². The summed E-state index contributed by atoms with van der Waals surface area (Å²) in [6.45, 7) is 4.33. The first-order valence-electron chi connectivity index (χ1n) is 22.2. The Hall–Kier alpha value is -1.75. The van der Waals surface area contributed by atoms with Crippen LogP contribution in [0.25, 0.3) is 0 Å². The van der Waals surface area contributed by atoms with E-state index in [9.17, 15) is 29.7 Å². The lowest BCUT2D eigenvalue weighted by Crippen LogP contribution is -2.68. The van der Waals surface area contributed by atoms with Crippen molar-refractivity contribution in [2.24, 2.45) is 0 Å². The van der Waals surface area contributed by atoms with Crippen LogP contribution in [0.3, 0.4) is 0 Å². The highest BCUT2D eigenvalue weighted by molar-refractivity contribution is 5.78. The molecule has 2 amide bonds. The molecule has 1 rings (SSSR count). The number of carboxylic acids is 1. The van der Waals surface area contributed by atoms with Gasteiger partial charge in [-0.15, -0.1) is 0 Å². The number of carboxylic acid groups (broad SMARTS) is 1. The molecule has 53 heavy (non-hydrogen) atoms. The highest BCUT2D eigenvalue weighted by atomic mass is 16.5. The maximum atomic E-state index is 13.8.